The SMILES string of the molecule is O=C(Nc1ccc(Oc2ccccc2)cc1)C1CCN(C(=O)c2cccc(Cl)c2)CC1. The summed E-state index contributed by atoms with van der Waals surface area (Å²) in [5.74, 6) is 1.28. The molecule has 0 spiro atoms. The van der Waals surface area contributed by atoms with E-state index in [-0.39, 0.29) is 17.7 Å². The molecular formula is C25H23ClN2O3. The van der Waals surface area contributed by atoms with Crippen molar-refractivity contribution in [3.05, 3.63) is 89.4 Å². The van der Waals surface area contributed by atoms with Crippen LogP contribution in [0.3, 0.4) is 0 Å². The molecule has 0 aromatic heterocycles. The number of anilines is 1. The molecule has 1 heterocycles. The van der Waals surface area contributed by atoms with Gasteiger partial charge in [0.1, 0.15) is 11.5 Å². The Morgan fingerprint density at radius 3 is 2.23 bits per heavy atom. The number of hydrogen-bond acceptors (Lipinski definition) is 3. The summed E-state index contributed by atoms with van der Waals surface area (Å²) < 4.78 is 5.77. The first-order valence-corrected chi connectivity index (χ1v) is 10.6. The third kappa shape index (κ3) is 5.44. The predicted octanol–water partition coefficient (Wildman–Crippen LogP) is 5.62. The summed E-state index contributed by atoms with van der Waals surface area (Å²) in [5, 5.41) is 3.51. The van der Waals surface area contributed by atoms with Crippen LogP contribution >= 0.6 is 11.6 Å². The molecule has 0 radical (unpaired) electrons. The first-order chi connectivity index (χ1) is 15.1. The number of carbonyl (C=O) groups is 2. The molecule has 6 heteroatoms. The van der Waals surface area contributed by atoms with E-state index in [4.69, 9.17) is 16.3 Å². The van der Waals surface area contributed by atoms with Gasteiger partial charge in [0.15, 0.2) is 0 Å². The van der Waals surface area contributed by atoms with Crippen LogP contribution in [0.25, 0.3) is 0 Å². The molecule has 1 aliphatic rings. The summed E-state index contributed by atoms with van der Waals surface area (Å²) in [4.78, 5) is 27.1. The Labute approximate surface area is 186 Å². The second-order valence-corrected chi connectivity index (χ2v) is 7.94. The molecule has 0 saturated carbocycles. The molecule has 0 bridgehead atoms. The molecular weight excluding hydrogens is 412 g/mol. The number of likely N-dealkylation sites (tertiary alicyclic amines) is 1. The zero-order valence-corrected chi connectivity index (χ0v) is 17.7. The average Bonchev–Trinajstić information content (AvgIpc) is 2.81. The monoisotopic (exact) mass is 434 g/mol. The van der Waals surface area contributed by atoms with Crippen LogP contribution in [-0.2, 0) is 4.79 Å². The van der Waals surface area contributed by atoms with E-state index in [1.54, 1.807) is 29.2 Å². The van der Waals surface area contributed by atoms with Crippen molar-refractivity contribution < 1.29 is 14.3 Å². The van der Waals surface area contributed by atoms with Gasteiger partial charge in [-0.1, -0.05) is 35.9 Å². The largest absolute Gasteiger partial charge is 0.457 e. The first-order valence-electron chi connectivity index (χ1n) is 10.3. The van der Waals surface area contributed by atoms with Crippen molar-refractivity contribution in [1.82, 2.24) is 4.90 Å². The smallest absolute Gasteiger partial charge is 0.253 e. The minimum atomic E-state index is -0.122. The first kappa shape index (κ1) is 20.9. The van der Waals surface area contributed by atoms with Crippen molar-refractivity contribution in [1.29, 1.82) is 0 Å². The molecule has 1 N–H and O–H groups in total. The Morgan fingerprint density at radius 1 is 0.871 bits per heavy atom. The van der Waals surface area contributed by atoms with E-state index in [2.05, 4.69) is 5.32 Å². The number of rotatable bonds is 5. The van der Waals surface area contributed by atoms with Gasteiger partial charge in [0.05, 0.1) is 0 Å². The summed E-state index contributed by atoms with van der Waals surface area (Å²) in [7, 11) is 0. The fraction of sp³-hybridized carbons (Fsp3) is 0.200. The lowest BCUT2D eigenvalue weighted by Gasteiger charge is -2.31. The van der Waals surface area contributed by atoms with Crippen molar-refractivity contribution in [2.45, 2.75) is 12.8 Å². The van der Waals surface area contributed by atoms with Gasteiger partial charge in [-0.05, 0) is 67.4 Å². The summed E-state index contributed by atoms with van der Waals surface area (Å²) in [6.07, 6.45) is 1.26. The standard InChI is InChI=1S/C25H23ClN2O3/c26-20-6-4-5-19(17-20)25(30)28-15-13-18(14-16-28)24(29)27-21-9-11-23(12-10-21)31-22-7-2-1-3-8-22/h1-12,17-18H,13-16H2,(H,27,29). The van der Waals surface area contributed by atoms with E-state index in [9.17, 15) is 9.59 Å². The number of halogens is 1. The fourth-order valence-electron chi connectivity index (χ4n) is 3.62. The summed E-state index contributed by atoms with van der Waals surface area (Å²) >= 11 is 5.99. The van der Waals surface area contributed by atoms with E-state index in [0.29, 0.717) is 42.3 Å². The van der Waals surface area contributed by atoms with Crippen LogP contribution in [0.2, 0.25) is 5.02 Å². The van der Waals surface area contributed by atoms with Gasteiger partial charge >= 0.3 is 0 Å². The topological polar surface area (TPSA) is 58.6 Å². The predicted molar refractivity (Wildman–Crippen MR) is 122 cm³/mol. The Kier molecular flexibility index (Phi) is 6.53. The van der Waals surface area contributed by atoms with Crippen molar-refractivity contribution in [2.75, 3.05) is 18.4 Å². The zero-order valence-electron chi connectivity index (χ0n) is 17.0. The van der Waals surface area contributed by atoms with E-state index in [1.165, 1.54) is 0 Å². The van der Waals surface area contributed by atoms with E-state index in [1.807, 2.05) is 54.6 Å². The van der Waals surface area contributed by atoms with Gasteiger partial charge in [0, 0.05) is 35.3 Å². The molecule has 2 amide bonds. The minimum Gasteiger partial charge on any atom is -0.457 e. The van der Waals surface area contributed by atoms with E-state index in [0.717, 1.165) is 11.4 Å². The molecule has 1 aliphatic heterocycles. The van der Waals surface area contributed by atoms with Gasteiger partial charge < -0.3 is 15.0 Å². The number of ether oxygens (including phenoxy) is 1. The summed E-state index contributed by atoms with van der Waals surface area (Å²) in [6, 6.07) is 23.8. The highest BCUT2D eigenvalue weighted by Gasteiger charge is 2.28. The second-order valence-electron chi connectivity index (χ2n) is 7.51. The maximum Gasteiger partial charge on any atom is 0.253 e. The normalized spacial score (nSPS) is 14.2. The lowest BCUT2D eigenvalue weighted by molar-refractivity contribution is -0.121. The van der Waals surface area contributed by atoms with Crippen molar-refractivity contribution in [3.8, 4) is 11.5 Å². The zero-order chi connectivity index (χ0) is 21.6. The molecule has 3 aromatic carbocycles. The van der Waals surface area contributed by atoms with Gasteiger partial charge in [-0.3, -0.25) is 9.59 Å². The average molecular weight is 435 g/mol. The highest BCUT2D eigenvalue weighted by atomic mass is 35.5. The van der Waals surface area contributed by atoms with Crippen LogP contribution in [0.5, 0.6) is 11.5 Å². The van der Waals surface area contributed by atoms with Gasteiger partial charge in [0.25, 0.3) is 5.91 Å². The molecule has 0 aliphatic carbocycles. The molecule has 0 unspecified atom stereocenters. The molecule has 0 atom stereocenters. The highest BCUT2D eigenvalue weighted by Crippen LogP contribution is 2.25. The van der Waals surface area contributed by atoms with Crippen LogP contribution in [0, 0.1) is 5.92 Å². The number of hydrogen-bond donors (Lipinski definition) is 1. The lowest BCUT2D eigenvalue weighted by Crippen LogP contribution is -2.41. The maximum atomic E-state index is 12.7. The molecule has 1 saturated heterocycles. The quantitative estimate of drug-likeness (QED) is 0.566. The molecule has 3 aromatic rings. The molecule has 158 valence electrons. The van der Waals surface area contributed by atoms with Crippen molar-refractivity contribution in [2.24, 2.45) is 5.92 Å². The summed E-state index contributed by atoms with van der Waals surface area (Å²) in [5.41, 5.74) is 1.30. The van der Waals surface area contributed by atoms with Crippen molar-refractivity contribution in [3.63, 3.8) is 0 Å². The number of benzene rings is 3. The number of nitrogens with zero attached hydrogens (tertiary/aromatic N) is 1. The van der Waals surface area contributed by atoms with Crippen LogP contribution in [0.15, 0.2) is 78.9 Å². The highest BCUT2D eigenvalue weighted by molar-refractivity contribution is 6.30. The Morgan fingerprint density at radius 2 is 1.55 bits per heavy atom. The summed E-state index contributed by atoms with van der Waals surface area (Å²) in [6.45, 7) is 1.10. The maximum absolute atomic E-state index is 12.7. The lowest BCUT2D eigenvalue weighted by atomic mass is 9.95. The number of amides is 2. The molecule has 4 rings (SSSR count). The van der Waals surface area contributed by atoms with Crippen LogP contribution < -0.4 is 10.1 Å². The molecule has 1 fully saturated rings. The molecule has 31 heavy (non-hydrogen) atoms. The van der Waals surface area contributed by atoms with Crippen LogP contribution in [0.4, 0.5) is 5.69 Å². The number of nitrogens with one attached hydrogen (secondary N) is 1. The van der Waals surface area contributed by atoms with Gasteiger partial charge in [-0.15, -0.1) is 0 Å². The van der Waals surface area contributed by atoms with Crippen LogP contribution in [0.1, 0.15) is 23.2 Å². The number of para-hydroxylation sites is 1. The third-order valence-electron chi connectivity index (χ3n) is 5.33. The second kappa shape index (κ2) is 9.67. The van der Waals surface area contributed by atoms with Crippen molar-refractivity contribution >= 4 is 29.1 Å². The van der Waals surface area contributed by atoms with Gasteiger partial charge in [-0.25, -0.2) is 0 Å². The third-order valence-corrected chi connectivity index (χ3v) is 5.56. The number of carbonyl (C=O) groups excluding carboxylic acids is 2. The number of piperidine rings is 1. The van der Waals surface area contributed by atoms with E-state index >= 15 is 0 Å². The Hall–Kier alpha value is -3.31. The Bertz CT molecular complexity index is 1050. The van der Waals surface area contributed by atoms with E-state index < -0.39 is 0 Å². The molecule has 5 nitrogen and oxygen atoms in total. The van der Waals surface area contributed by atoms with Gasteiger partial charge in [-0.2, -0.15) is 0 Å². The minimum absolute atomic E-state index is 0.0217. The Balaban J connectivity index is 1.28. The fourth-order valence-corrected chi connectivity index (χ4v) is 3.81. The van der Waals surface area contributed by atoms with Gasteiger partial charge in [0.2, 0.25) is 5.91 Å². The van der Waals surface area contributed by atoms with Crippen LogP contribution in [-0.4, -0.2) is 29.8 Å².